The summed E-state index contributed by atoms with van der Waals surface area (Å²) in [5.41, 5.74) is 0. The quantitative estimate of drug-likeness (QED) is 0.0200. The number of aliphatic carboxylic acids is 1. The predicted octanol–water partition coefficient (Wildman–Crippen LogP) is 12.3. The second kappa shape index (κ2) is 43.3. The van der Waals surface area contributed by atoms with Gasteiger partial charge in [0.25, 0.3) is 0 Å². The van der Waals surface area contributed by atoms with Crippen LogP contribution in [0.4, 0.5) is 0 Å². The zero-order chi connectivity index (χ0) is 44.9. The highest BCUT2D eigenvalue weighted by Crippen LogP contribution is 2.43. The number of carboxylic acids is 1. The van der Waals surface area contributed by atoms with Gasteiger partial charge in [0.15, 0.2) is 6.04 Å². The maximum Gasteiger partial charge on any atom is 0.472 e. The SMILES string of the molecule is CC/C=C\C/C=C\C/C=C\C/C=C\C/C=C\C/C=C\CCCCCCC(=O)NC(COP(=O)(O)OCC(O)COC(=O)CCCCCCC/C=C\CCCCCCC)C(=O)O. The zero-order valence-electron chi connectivity index (χ0n) is 37.7. The van der Waals surface area contributed by atoms with Crippen molar-refractivity contribution in [1.82, 2.24) is 5.32 Å². The number of hydrogen-bond acceptors (Lipinski definition) is 8. The first-order valence-electron chi connectivity index (χ1n) is 23.1. The van der Waals surface area contributed by atoms with Gasteiger partial charge in [0, 0.05) is 12.8 Å². The monoisotopic (exact) mass is 876 g/mol. The number of aliphatic hydroxyl groups excluding tert-OH is 1. The molecule has 61 heavy (non-hydrogen) atoms. The van der Waals surface area contributed by atoms with Crippen molar-refractivity contribution in [1.29, 1.82) is 0 Å². The van der Waals surface area contributed by atoms with E-state index in [0.29, 0.717) is 12.8 Å². The Morgan fingerprint density at radius 3 is 1.44 bits per heavy atom. The van der Waals surface area contributed by atoms with E-state index in [9.17, 15) is 34.1 Å². The molecule has 0 aliphatic rings. The van der Waals surface area contributed by atoms with Crippen LogP contribution >= 0.6 is 7.82 Å². The molecule has 12 heteroatoms. The normalized spacial score (nSPS) is 14.4. The molecular formula is C49H82NO10P. The Morgan fingerprint density at radius 2 is 0.951 bits per heavy atom. The second-order valence-electron chi connectivity index (χ2n) is 15.2. The molecule has 0 spiro atoms. The molecule has 0 aliphatic heterocycles. The highest BCUT2D eigenvalue weighted by molar-refractivity contribution is 7.47. The van der Waals surface area contributed by atoms with Crippen molar-refractivity contribution in [3.63, 3.8) is 0 Å². The summed E-state index contributed by atoms with van der Waals surface area (Å²) in [5.74, 6) is -2.43. The molecule has 0 aromatic heterocycles. The van der Waals surface area contributed by atoms with Crippen molar-refractivity contribution < 1.29 is 47.8 Å². The number of carbonyl (C=O) groups is 3. The Labute approximate surface area is 369 Å². The fraction of sp³-hybridized carbons (Fsp3) is 0.653. The van der Waals surface area contributed by atoms with Gasteiger partial charge in [-0.3, -0.25) is 18.6 Å². The van der Waals surface area contributed by atoms with E-state index in [-0.39, 0.29) is 12.8 Å². The summed E-state index contributed by atoms with van der Waals surface area (Å²) < 4.78 is 26.8. The molecule has 0 saturated heterocycles. The van der Waals surface area contributed by atoms with E-state index in [1.165, 1.54) is 32.1 Å². The molecule has 0 aromatic carbocycles. The maximum atomic E-state index is 12.3. The van der Waals surface area contributed by atoms with Gasteiger partial charge < -0.3 is 25.2 Å². The molecule has 4 N–H and O–H groups in total. The van der Waals surface area contributed by atoms with Gasteiger partial charge in [0.2, 0.25) is 5.91 Å². The van der Waals surface area contributed by atoms with Crippen LogP contribution in [0.5, 0.6) is 0 Å². The molecule has 0 aromatic rings. The lowest BCUT2D eigenvalue weighted by molar-refractivity contribution is -0.147. The lowest BCUT2D eigenvalue weighted by atomic mass is 10.1. The van der Waals surface area contributed by atoms with Gasteiger partial charge >= 0.3 is 19.8 Å². The fourth-order valence-corrected chi connectivity index (χ4v) is 6.61. The molecule has 0 fully saturated rings. The van der Waals surface area contributed by atoms with Gasteiger partial charge in [0.1, 0.15) is 12.7 Å². The van der Waals surface area contributed by atoms with Crippen molar-refractivity contribution in [3.05, 3.63) is 85.1 Å². The standard InChI is InChI=1S/C49H82NO10P/c1-3-5-7-9-11-13-15-17-19-20-21-22-23-24-25-26-27-28-30-32-34-36-38-40-47(52)50-46(49(54)55)44-60-61(56,57)59-43-45(51)42-58-48(53)41-39-37-35-33-31-29-18-16-14-12-10-8-6-4-2/h5,7,11,13,16-19,21-22,24-25,27-28,45-46,51H,3-4,6,8-10,12,14-15,20,23,26,29-44H2,1-2H3,(H,50,52)(H,54,55)(H,56,57)/b7-5-,13-11-,18-16-,19-17-,22-21-,25-24-,28-27-. The summed E-state index contributed by atoms with van der Waals surface area (Å²) in [7, 11) is -4.77. The van der Waals surface area contributed by atoms with Crippen molar-refractivity contribution in [2.75, 3.05) is 19.8 Å². The third kappa shape index (κ3) is 43.1. The van der Waals surface area contributed by atoms with Gasteiger partial charge in [0.05, 0.1) is 13.2 Å². The van der Waals surface area contributed by atoms with E-state index in [1.807, 2.05) is 0 Å². The number of ether oxygens (including phenoxy) is 1. The minimum Gasteiger partial charge on any atom is -0.480 e. The minimum atomic E-state index is -4.77. The molecule has 0 rings (SSSR count). The van der Waals surface area contributed by atoms with E-state index in [4.69, 9.17) is 13.8 Å². The van der Waals surface area contributed by atoms with Crippen LogP contribution in [0.25, 0.3) is 0 Å². The fourth-order valence-electron chi connectivity index (χ4n) is 5.84. The number of unbranched alkanes of at least 4 members (excludes halogenated alkanes) is 14. The first kappa shape index (κ1) is 57.7. The Kier molecular flexibility index (Phi) is 40.9. The van der Waals surface area contributed by atoms with E-state index < -0.39 is 57.6 Å². The Balaban J connectivity index is 3.97. The number of esters is 1. The van der Waals surface area contributed by atoms with Crippen LogP contribution in [0.3, 0.4) is 0 Å². The number of phosphoric ester groups is 1. The van der Waals surface area contributed by atoms with Crippen molar-refractivity contribution >= 4 is 25.7 Å². The largest absolute Gasteiger partial charge is 0.480 e. The summed E-state index contributed by atoms with van der Waals surface area (Å²) in [4.78, 5) is 46.0. The van der Waals surface area contributed by atoms with E-state index in [1.54, 1.807) is 0 Å². The Hall–Kier alpha value is -3.34. The van der Waals surface area contributed by atoms with E-state index >= 15 is 0 Å². The van der Waals surface area contributed by atoms with Crippen LogP contribution < -0.4 is 5.32 Å². The number of carbonyl (C=O) groups excluding carboxylic acids is 2. The summed E-state index contributed by atoms with van der Waals surface area (Å²) in [6, 6.07) is -1.57. The topological polar surface area (TPSA) is 169 Å². The summed E-state index contributed by atoms with van der Waals surface area (Å²) >= 11 is 0. The first-order chi connectivity index (χ1) is 29.6. The molecule has 3 unspecified atom stereocenters. The molecule has 0 aliphatic carbocycles. The average molecular weight is 876 g/mol. The number of rotatable bonds is 42. The lowest BCUT2D eigenvalue weighted by Crippen LogP contribution is -2.43. The highest BCUT2D eigenvalue weighted by Gasteiger charge is 2.28. The van der Waals surface area contributed by atoms with Gasteiger partial charge in [-0.15, -0.1) is 0 Å². The van der Waals surface area contributed by atoms with E-state index in [0.717, 1.165) is 103 Å². The van der Waals surface area contributed by atoms with Crippen LogP contribution in [0.2, 0.25) is 0 Å². The van der Waals surface area contributed by atoms with Gasteiger partial charge in [-0.25, -0.2) is 9.36 Å². The molecule has 0 saturated carbocycles. The molecule has 348 valence electrons. The average Bonchev–Trinajstić information content (AvgIpc) is 3.24. The number of nitrogens with one attached hydrogen (secondary N) is 1. The zero-order valence-corrected chi connectivity index (χ0v) is 38.6. The number of carboxylic acid groups (broad SMARTS) is 1. The molecule has 1 amide bonds. The van der Waals surface area contributed by atoms with Crippen LogP contribution in [-0.2, 0) is 32.7 Å². The Bertz CT molecular complexity index is 1350. The third-order valence-corrected chi connectivity index (χ3v) is 10.4. The second-order valence-corrected chi connectivity index (χ2v) is 16.7. The number of aliphatic hydroxyl groups is 1. The summed E-state index contributed by atoms with van der Waals surface area (Å²) in [6.45, 7) is 2.43. The van der Waals surface area contributed by atoms with Crippen LogP contribution in [-0.4, -0.2) is 64.9 Å². The van der Waals surface area contributed by atoms with Crippen LogP contribution in [0.15, 0.2) is 85.1 Å². The van der Waals surface area contributed by atoms with Crippen molar-refractivity contribution in [2.45, 2.75) is 187 Å². The molecule has 0 heterocycles. The molecule has 0 radical (unpaired) electrons. The summed E-state index contributed by atoms with van der Waals surface area (Å²) in [6.07, 6.45) is 53.2. The molecular weight excluding hydrogens is 794 g/mol. The van der Waals surface area contributed by atoms with Gasteiger partial charge in [-0.2, -0.15) is 0 Å². The summed E-state index contributed by atoms with van der Waals surface area (Å²) in [5, 5.41) is 21.8. The van der Waals surface area contributed by atoms with Crippen LogP contribution in [0, 0.1) is 0 Å². The predicted molar refractivity (Wildman–Crippen MR) is 249 cm³/mol. The Morgan fingerprint density at radius 1 is 0.541 bits per heavy atom. The molecule has 0 bridgehead atoms. The number of hydrogen-bond donors (Lipinski definition) is 4. The number of phosphoric acid groups is 1. The molecule has 3 atom stereocenters. The van der Waals surface area contributed by atoms with Crippen molar-refractivity contribution in [3.8, 4) is 0 Å². The smallest absolute Gasteiger partial charge is 0.472 e. The first-order valence-corrected chi connectivity index (χ1v) is 24.6. The van der Waals surface area contributed by atoms with E-state index in [2.05, 4.69) is 104 Å². The number of allylic oxidation sites excluding steroid dienone is 14. The lowest BCUT2D eigenvalue weighted by Gasteiger charge is -2.18. The number of amides is 1. The van der Waals surface area contributed by atoms with Gasteiger partial charge in [-0.05, 0) is 89.9 Å². The highest BCUT2D eigenvalue weighted by atomic mass is 31.2. The maximum absolute atomic E-state index is 12.3. The third-order valence-electron chi connectivity index (χ3n) is 9.42. The molecule has 11 nitrogen and oxygen atoms in total. The minimum absolute atomic E-state index is 0.110. The van der Waals surface area contributed by atoms with Gasteiger partial charge in [-0.1, -0.05) is 157 Å². The van der Waals surface area contributed by atoms with Crippen molar-refractivity contribution in [2.24, 2.45) is 0 Å². The van der Waals surface area contributed by atoms with Crippen LogP contribution in [0.1, 0.15) is 174 Å².